The van der Waals surface area contributed by atoms with Crippen molar-refractivity contribution in [3.63, 3.8) is 0 Å². The molecule has 0 spiro atoms. The summed E-state index contributed by atoms with van der Waals surface area (Å²) in [6, 6.07) is 4.74. The van der Waals surface area contributed by atoms with Gasteiger partial charge in [0.05, 0.1) is 19.8 Å². The molecule has 0 amide bonds. The van der Waals surface area contributed by atoms with E-state index in [-0.39, 0.29) is 0 Å². The van der Waals surface area contributed by atoms with Crippen molar-refractivity contribution in [2.75, 3.05) is 20.5 Å². The van der Waals surface area contributed by atoms with E-state index in [0.717, 1.165) is 0 Å². The molecule has 0 aliphatic rings. The van der Waals surface area contributed by atoms with Crippen LogP contribution in [0, 0.1) is 11.5 Å². The average molecular weight is 279 g/mol. The zero-order valence-electron chi connectivity index (χ0n) is 10.8. The van der Waals surface area contributed by atoms with Gasteiger partial charge in [-0.3, -0.25) is 5.32 Å². The fraction of sp³-hybridized carbons (Fsp3) is 0.250. The second kappa shape index (κ2) is 7.28. The zero-order chi connectivity index (χ0) is 14.3. The highest BCUT2D eigenvalue weighted by Crippen LogP contribution is 2.29. The lowest BCUT2D eigenvalue weighted by atomic mass is 10.2. The summed E-state index contributed by atoms with van der Waals surface area (Å²) in [5.74, 6) is -0.0248. The van der Waals surface area contributed by atoms with Crippen LogP contribution in [-0.4, -0.2) is 31.6 Å². The van der Waals surface area contributed by atoms with Crippen LogP contribution in [0.4, 0.5) is 5.69 Å². The SMILES string of the molecule is COC(=O)c1ccc(N=C(NC#N)SC)c(OC)c1. The lowest BCUT2D eigenvalue weighted by Gasteiger charge is -2.07. The number of nitrogens with zero attached hydrogens (tertiary/aromatic N) is 2. The molecule has 0 fully saturated rings. The Hall–Kier alpha value is -2.20. The van der Waals surface area contributed by atoms with Crippen molar-refractivity contribution in [1.29, 1.82) is 5.26 Å². The smallest absolute Gasteiger partial charge is 0.337 e. The molecule has 100 valence electrons. The second-order valence-corrected chi connectivity index (χ2v) is 4.03. The molecule has 0 bridgehead atoms. The summed E-state index contributed by atoms with van der Waals surface area (Å²) >= 11 is 1.29. The number of aliphatic imine (C=N–C) groups is 1. The number of benzene rings is 1. The van der Waals surface area contributed by atoms with Crippen molar-refractivity contribution in [3.05, 3.63) is 23.8 Å². The highest BCUT2D eigenvalue weighted by molar-refractivity contribution is 8.13. The van der Waals surface area contributed by atoms with Crippen LogP contribution in [0.25, 0.3) is 0 Å². The van der Waals surface area contributed by atoms with Crippen LogP contribution in [0.5, 0.6) is 5.75 Å². The van der Waals surface area contributed by atoms with Gasteiger partial charge in [0.25, 0.3) is 0 Å². The number of rotatable bonds is 3. The van der Waals surface area contributed by atoms with Crippen LogP contribution in [0.15, 0.2) is 23.2 Å². The number of hydrogen-bond donors (Lipinski definition) is 1. The molecule has 0 radical (unpaired) electrons. The summed E-state index contributed by atoms with van der Waals surface area (Å²) < 4.78 is 9.80. The van der Waals surface area contributed by atoms with Gasteiger partial charge in [-0.15, -0.1) is 0 Å². The van der Waals surface area contributed by atoms with Gasteiger partial charge < -0.3 is 9.47 Å². The molecule has 0 aromatic heterocycles. The number of methoxy groups -OCH3 is 2. The Morgan fingerprint density at radius 3 is 2.74 bits per heavy atom. The van der Waals surface area contributed by atoms with Crippen molar-refractivity contribution in [2.45, 2.75) is 0 Å². The van der Waals surface area contributed by atoms with E-state index in [1.165, 1.54) is 32.0 Å². The maximum absolute atomic E-state index is 11.4. The normalized spacial score (nSPS) is 10.5. The molecule has 0 aliphatic carbocycles. The van der Waals surface area contributed by atoms with Crippen molar-refractivity contribution in [2.24, 2.45) is 4.99 Å². The molecule has 1 rings (SSSR count). The van der Waals surface area contributed by atoms with Crippen molar-refractivity contribution >= 4 is 28.6 Å². The minimum absolute atomic E-state index is 0.372. The minimum Gasteiger partial charge on any atom is -0.494 e. The molecule has 6 nitrogen and oxygen atoms in total. The number of amidine groups is 1. The first kappa shape index (κ1) is 14.9. The van der Waals surface area contributed by atoms with E-state index in [1.807, 2.05) is 0 Å². The van der Waals surface area contributed by atoms with Gasteiger partial charge in [0.2, 0.25) is 0 Å². The van der Waals surface area contributed by atoms with Gasteiger partial charge in [0.15, 0.2) is 11.4 Å². The summed E-state index contributed by atoms with van der Waals surface area (Å²) in [7, 11) is 2.79. The number of thioether (sulfide) groups is 1. The number of esters is 1. The van der Waals surface area contributed by atoms with Crippen LogP contribution < -0.4 is 10.1 Å². The number of carbonyl (C=O) groups excluding carboxylic acids is 1. The number of nitrogens with one attached hydrogen (secondary N) is 1. The van der Waals surface area contributed by atoms with E-state index < -0.39 is 5.97 Å². The largest absolute Gasteiger partial charge is 0.494 e. The molecule has 0 aliphatic heterocycles. The summed E-state index contributed by atoms with van der Waals surface area (Å²) in [5.41, 5.74) is 0.888. The van der Waals surface area contributed by atoms with Crippen LogP contribution in [0.1, 0.15) is 10.4 Å². The molecule has 1 N–H and O–H groups in total. The summed E-state index contributed by atoms with van der Waals surface area (Å²) in [6.45, 7) is 0. The minimum atomic E-state index is -0.450. The van der Waals surface area contributed by atoms with Crippen LogP contribution in [-0.2, 0) is 4.74 Å². The highest BCUT2D eigenvalue weighted by atomic mass is 32.2. The van der Waals surface area contributed by atoms with E-state index in [9.17, 15) is 4.79 Å². The van der Waals surface area contributed by atoms with Gasteiger partial charge in [0, 0.05) is 0 Å². The van der Waals surface area contributed by atoms with Gasteiger partial charge in [0.1, 0.15) is 11.4 Å². The van der Waals surface area contributed by atoms with Crippen molar-refractivity contribution in [3.8, 4) is 11.9 Å². The molecule has 1 aromatic rings. The predicted molar refractivity (Wildman–Crippen MR) is 73.7 cm³/mol. The van der Waals surface area contributed by atoms with Gasteiger partial charge in [-0.25, -0.2) is 9.79 Å². The Balaban J connectivity index is 3.16. The van der Waals surface area contributed by atoms with Crippen molar-refractivity contribution < 1.29 is 14.3 Å². The zero-order valence-corrected chi connectivity index (χ0v) is 11.6. The third-order valence-corrected chi connectivity index (χ3v) is 2.76. The summed E-state index contributed by atoms with van der Waals surface area (Å²) in [5, 5.41) is 11.5. The molecular weight excluding hydrogens is 266 g/mol. The summed E-state index contributed by atoms with van der Waals surface area (Å²) in [4.78, 5) is 15.6. The van der Waals surface area contributed by atoms with E-state index in [2.05, 4.69) is 15.0 Å². The average Bonchev–Trinajstić information content (AvgIpc) is 2.46. The Morgan fingerprint density at radius 1 is 1.47 bits per heavy atom. The fourth-order valence-corrected chi connectivity index (χ4v) is 1.63. The maximum atomic E-state index is 11.4. The lowest BCUT2D eigenvalue weighted by Crippen LogP contribution is -2.12. The molecule has 0 unspecified atom stereocenters. The molecule has 0 heterocycles. The van der Waals surface area contributed by atoms with E-state index >= 15 is 0 Å². The Morgan fingerprint density at radius 2 is 2.21 bits per heavy atom. The topological polar surface area (TPSA) is 83.7 Å². The lowest BCUT2D eigenvalue weighted by molar-refractivity contribution is 0.0600. The third-order valence-electron chi connectivity index (χ3n) is 2.18. The first-order chi connectivity index (χ1) is 9.15. The Kier molecular flexibility index (Phi) is 5.70. The van der Waals surface area contributed by atoms with Gasteiger partial charge in [-0.05, 0) is 24.5 Å². The van der Waals surface area contributed by atoms with Gasteiger partial charge >= 0.3 is 5.97 Å². The van der Waals surface area contributed by atoms with E-state index in [1.54, 1.807) is 24.6 Å². The molecule has 0 atom stereocenters. The van der Waals surface area contributed by atoms with Gasteiger partial charge in [-0.1, -0.05) is 11.8 Å². The molecule has 19 heavy (non-hydrogen) atoms. The van der Waals surface area contributed by atoms with Crippen LogP contribution in [0.3, 0.4) is 0 Å². The second-order valence-electron chi connectivity index (χ2n) is 3.24. The number of nitriles is 1. The predicted octanol–water partition coefficient (Wildman–Crippen LogP) is 1.90. The van der Waals surface area contributed by atoms with E-state index in [0.29, 0.717) is 22.2 Å². The molecule has 7 heteroatoms. The first-order valence-electron chi connectivity index (χ1n) is 5.20. The monoisotopic (exact) mass is 279 g/mol. The third kappa shape index (κ3) is 3.89. The standard InChI is InChI=1S/C12H13N3O3S/c1-17-10-6-8(11(16)18-2)4-5-9(10)15-12(19-3)14-7-13/h4-6H,1-3H3,(H,14,15). The van der Waals surface area contributed by atoms with Crippen LogP contribution in [0.2, 0.25) is 0 Å². The van der Waals surface area contributed by atoms with Crippen molar-refractivity contribution in [1.82, 2.24) is 5.32 Å². The van der Waals surface area contributed by atoms with Crippen LogP contribution >= 0.6 is 11.8 Å². The molecular formula is C12H13N3O3S. The highest BCUT2D eigenvalue weighted by Gasteiger charge is 2.10. The Labute approximate surface area is 115 Å². The number of carbonyl (C=O) groups is 1. The first-order valence-corrected chi connectivity index (χ1v) is 6.42. The molecule has 0 saturated heterocycles. The number of hydrogen-bond acceptors (Lipinski definition) is 6. The number of ether oxygens (including phenoxy) is 2. The maximum Gasteiger partial charge on any atom is 0.337 e. The van der Waals surface area contributed by atoms with Gasteiger partial charge in [-0.2, -0.15) is 5.26 Å². The Bertz CT molecular complexity index is 538. The fourth-order valence-electron chi connectivity index (χ4n) is 1.30. The summed E-state index contributed by atoms with van der Waals surface area (Å²) in [6.07, 6.45) is 3.59. The molecule has 0 saturated carbocycles. The quantitative estimate of drug-likeness (QED) is 0.299. The molecule has 1 aromatic carbocycles. The van der Waals surface area contributed by atoms with E-state index in [4.69, 9.17) is 10.00 Å².